The Morgan fingerprint density at radius 3 is 2.65 bits per heavy atom. The largest absolute Gasteiger partial charge is 0.497 e. The summed E-state index contributed by atoms with van der Waals surface area (Å²) in [7, 11) is 1.61. The number of esters is 1. The summed E-state index contributed by atoms with van der Waals surface area (Å²) in [6, 6.07) is 16.9. The van der Waals surface area contributed by atoms with Gasteiger partial charge in [-0.3, -0.25) is 14.5 Å². The van der Waals surface area contributed by atoms with Crippen LogP contribution in [0.1, 0.15) is 42.8 Å². The fourth-order valence-electron chi connectivity index (χ4n) is 4.96. The molecule has 2 aromatic heterocycles. The number of pyridine rings is 1. The maximum absolute atomic E-state index is 13.4. The van der Waals surface area contributed by atoms with E-state index in [1.165, 1.54) is 0 Å². The second-order valence-electron chi connectivity index (χ2n) is 9.15. The quantitative estimate of drug-likeness (QED) is 0.366. The summed E-state index contributed by atoms with van der Waals surface area (Å²) >= 11 is 0. The van der Waals surface area contributed by atoms with Gasteiger partial charge in [0.1, 0.15) is 11.8 Å². The molecule has 0 bridgehead atoms. The van der Waals surface area contributed by atoms with E-state index in [2.05, 4.69) is 25.4 Å². The van der Waals surface area contributed by atoms with E-state index in [1.54, 1.807) is 11.8 Å². The van der Waals surface area contributed by atoms with Crippen LogP contribution in [0.25, 0.3) is 10.9 Å². The molecule has 10 nitrogen and oxygen atoms in total. The van der Waals surface area contributed by atoms with Crippen molar-refractivity contribution < 1.29 is 14.3 Å². The molecule has 37 heavy (non-hydrogen) atoms. The van der Waals surface area contributed by atoms with E-state index >= 15 is 0 Å². The van der Waals surface area contributed by atoms with Crippen molar-refractivity contribution >= 4 is 16.9 Å². The molecular weight excluding hydrogens is 472 g/mol. The Hall–Kier alpha value is -4.05. The van der Waals surface area contributed by atoms with Crippen LogP contribution in [0.15, 0.2) is 59.4 Å². The Labute approximate surface area is 214 Å². The normalized spacial score (nSPS) is 15.5. The number of rotatable bonds is 8. The third-order valence-corrected chi connectivity index (χ3v) is 6.87. The minimum absolute atomic E-state index is 0.156. The van der Waals surface area contributed by atoms with Crippen molar-refractivity contribution in [1.82, 2.24) is 30.1 Å². The summed E-state index contributed by atoms with van der Waals surface area (Å²) in [6.07, 6.45) is 1.27. The highest BCUT2D eigenvalue weighted by Crippen LogP contribution is 2.32. The van der Waals surface area contributed by atoms with Gasteiger partial charge < -0.3 is 14.5 Å². The summed E-state index contributed by atoms with van der Waals surface area (Å²) in [5, 5.41) is 13.5. The van der Waals surface area contributed by atoms with Gasteiger partial charge in [-0.25, -0.2) is 4.68 Å². The van der Waals surface area contributed by atoms with Gasteiger partial charge in [0.15, 0.2) is 5.82 Å². The minimum Gasteiger partial charge on any atom is -0.497 e. The van der Waals surface area contributed by atoms with E-state index in [1.807, 2.05) is 61.5 Å². The van der Waals surface area contributed by atoms with Crippen LogP contribution in [-0.2, 0) is 16.1 Å². The number of benzene rings is 2. The number of H-pyrrole nitrogens is 1. The number of likely N-dealkylation sites (tertiary alicyclic amines) is 1. The molecule has 0 spiro atoms. The highest BCUT2D eigenvalue weighted by atomic mass is 16.5. The Morgan fingerprint density at radius 2 is 1.92 bits per heavy atom. The highest BCUT2D eigenvalue weighted by molar-refractivity contribution is 5.80. The van der Waals surface area contributed by atoms with E-state index in [0.717, 1.165) is 16.5 Å². The average molecular weight is 503 g/mol. The third-order valence-electron chi connectivity index (χ3n) is 6.87. The van der Waals surface area contributed by atoms with Gasteiger partial charge in [-0.15, -0.1) is 5.10 Å². The molecule has 1 fully saturated rings. The molecule has 1 unspecified atom stereocenters. The van der Waals surface area contributed by atoms with Crippen LogP contribution in [0.2, 0.25) is 0 Å². The zero-order chi connectivity index (χ0) is 25.8. The number of methoxy groups -OCH3 is 1. The maximum atomic E-state index is 13.4. The second-order valence-corrected chi connectivity index (χ2v) is 9.15. The molecule has 4 aromatic rings. The number of fused-ring (bicyclic) bond motifs is 1. The van der Waals surface area contributed by atoms with Gasteiger partial charge in [-0.05, 0) is 60.0 Å². The van der Waals surface area contributed by atoms with Crippen LogP contribution >= 0.6 is 0 Å². The summed E-state index contributed by atoms with van der Waals surface area (Å²) in [4.78, 5) is 31.0. The van der Waals surface area contributed by atoms with Crippen molar-refractivity contribution in [1.29, 1.82) is 0 Å². The van der Waals surface area contributed by atoms with E-state index in [0.29, 0.717) is 56.2 Å². The number of ether oxygens (including phenoxy) is 2. The van der Waals surface area contributed by atoms with E-state index in [-0.39, 0.29) is 17.4 Å². The van der Waals surface area contributed by atoms with Crippen molar-refractivity contribution in [2.24, 2.45) is 5.92 Å². The zero-order valence-corrected chi connectivity index (χ0v) is 21.0. The van der Waals surface area contributed by atoms with Crippen molar-refractivity contribution in [3.8, 4) is 5.75 Å². The third kappa shape index (κ3) is 5.24. The van der Waals surface area contributed by atoms with Crippen LogP contribution in [-0.4, -0.2) is 62.9 Å². The molecule has 0 aliphatic carbocycles. The molecule has 0 radical (unpaired) electrons. The van der Waals surface area contributed by atoms with Crippen molar-refractivity contribution in [2.75, 3.05) is 26.8 Å². The number of aromatic nitrogens is 5. The molecule has 0 saturated carbocycles. The van der Waals surface area contributed by atoms with Crippen LogP contribution in [0.5, 0.6) is 5.75 Å². The fourth-order valence-corrected chi connectivity index (χ4v) is 4.96. The number of nitrogens with one attached hydrogen (secondary N) is 1. The molecule has 1 N–H and O–H groups in total. The highest BCUT2D eigenvalue weighted by Gasteiger charge is 2.35. The second kappa shape index (κ2) is 10.9. The number of piperidine rings is 1. The number of hydrogen-bond donors (Lipinski definition) is 1. The lowest BCUT2D eigenvalue weighted by Crippen LogP contribution is -2.42. The molecule has 192 valence electrons. The van der Waals surface area contributed by atoms with E-state index in [4.69, 9.17) is 9.47 Å². The number of aromatic amines is 1. The van der Waals surface area contributed by atoms with Gasteiger partial charge in [0.25, 0.3) is 5.56 Å². The maximum Gasteiger partial charge on any atom is 0.309 e. The molecule has 1 atom stereocenters. The summed E-state index contributed by atoms with van der Waals surface area (Å²) < 4.78 is 12.4. The topological polar surface area (TPSA) is 115 Å². The van der Waals surface area contributed by atoms with Gasteiger partial charge in [0.2, 0.25) is 0 Å². The monoisotopic (exact) mass is 502 g/mol. The predicted octanol–water partition coefficient (Wildman–Crippen LogP) is 2.94. The number of carbonyl (C=O) groups is 1. The first-order valence-electron chi connectivity index (χ1n) is 12.5. The molecule has 3 heterocycles. The van der Waals surface area contributed by atoms with Crippen molar-refractivity contribution in [2.45, 2.75) is 32.4 Å². The summed E-state index contributed by atoms with van der Waals surface area (Å²) in [5.41, 5.74) is 2.11. The number of hydrogen-bond acceptors (Lipinski definition) is 8. The number of nitrogens with zero attached hydrogens (tertiary/aromatic N) is 5. The van der Waals surface area contributed by atoms with Gasteiger partial charge >= 0.3 is 5.97 Å². The molecule has 5 rings (SSSR count). The van der Waals surface area contributed by atoms with E-state index < -0.39 is 6.04 Å². The lowest BCUT2D eigenvalue weighted by Gasteiger charge is -2.36. The molecule has 1 saturated heterocycles. The van der Waals surface area contributed by atoms with Crippen molar-refractivity contribution in [3.63, 3.8) is 0 Å². The Morgan fingerprint density at radius 1 is 1.14 bits per heavy atom. The van der Waals surface area contributed by atoms with Crippen LogP contribution in [0.4, 0.5) is 0 Å². The van der Waals surface area contributed by atoms with Gasteiger partial charge in [0, 0.05) is 29.6 Å². The van der Waals surface area contributed by atoms with Crippen LogP contribution in [0, 0.1) is 5.92 Å². The van der Waals surface area contributed by atoms with Gasteiger partial charge in [-0.2, -0.15) is 0 Å². The van der Waals surface area contributed by atoms with Crippen LogP contribution < -0.4 is 10.3 Å². The summed E-state index contributed by atoms with van der Waals surface area (Å²) in [5.74, 6) is 0.956. The molecular formula is C27H30N6O4. The Balaban J connectivity index is 1.55. The zero-order valence-electron chi connectivity index (χ0n) is 21.0. The molecule has 1 aliphatic rings. The molecule has 10 heteroatoms. The molecule has 1 aliphatic heterocycles. The van der Waals surface area contributed by atoms with Crippen molar-refractivity contribution in [3.05, 3.63) is 81.9 Å². The first-order valence-corrected chi connectivity index (χ1v) is 12.5. The fraction of sp³-hybridized carbons (Fsp3) is 0.370. The lowest BCUT2D eigenvalue weighted by atomic mass is 9.94. The SMILES string of the molecule is CCOC(=O)C1CCN(C(c2cc3cc(OC)ccc3[nH]c2=O)c2nnnn2Cc2ccccc2)CC1. The Bertz CT molecular complexity index is 1430. The van der Waals surface area contributed by atoms with E-state index in [9.17, 15) is 9.59 Å². The predicted molar refractivity (Wildman–Crippen MR) is 137 cm³/mol. The number of carbonyl (C=O) groups excluding carboxylic acids is 1. The standard InChI is InChI=1S/C27H30N6O4/c1-3-37-27(35)19-11-13-32(14-12-19)24(25-29-30-31-33(25)17-18-7-5-4-6-8-18)22-16-20-15-21(36-2)9-10-23(20)28-26(22)34/h4-10,15-16,19,24H,3,11-14,17H2,1-2H3,(H,28,34). The average Bonchev–Trinajstić information content (AvgIpc) is 3.37. The molecule has 0 amide bonds. The minimum atomic E-state index is -0.499. The lowest BCUT2D eigenvalue weighted by molar-refractivity contribution is -0.149. The van der Waals surface area contributed by atoms with Crippen LogP contribution in [0.3, 0.4) is 0 Å². The summed E-state index contributed by atoms with van der Waals surface area (Å²) in [6.45, 7) is 3.85. The first kappa shape index (κ1) is 24.6. The Kier molecular flexibility index (Phi) is 7.27. The smallest absolute Gasteiger partial charge is 0.309 e. The molecule has 2 aromatic carbocycles. The van der Waals surface area contributed by atoms with Gasteiger partial charge in [-0.1, -0.05) is 30.3 Å². The first-order chi connectivity index (χ1) is 18.1. The number of tetrazole rings is 1. The van der Waals surface area contributed by atoms with Gasteiger partial charge in [0.05, 0.1) is 26.2 Å².